The Bertz CT molecular complexity index is 588. The zero-order valence-corrected chi connectivity index (χ0v) is 13.7. The Balaban J connectivity index is 2.62. The molecule has 0 amide bonds. The van der Waals surface area contributed by atoms with Crippen LogP contribution in [0.25, 0.3) is 0 Å². The number of ether oxygens (including phenoxy) is 2. The van der Waals surface area contributed by atoms with Crippen LogP contribution < -0.4 is 10.5 Å². The third-order valence-corrected chi connectivity index (χ3v) is 4.42. The summed E-state index contributed by atoms with van der Waals surface area (Å²) < 4.78 is 36.7. The molecule has 118 valence electrons. The summed E-state index contributed by atoms with van der Waals surface area (Å²) in [5, 5.41) is 0. The van der Waals surface area contributed by atoms with Gasteiger partial charge in [0.15, 0.2) is 0 Å². The first kappa shape index (κ1) is 18.0. The van der Waals surface area contributed by atoms with Gasteiger partial charge in [0.05, 0.1) is 24.7 Å². The van der Waals surface area contributed by atoms with Crippen LogP contribution in [0.5, 0.6) is 0 Å². The van der Waals surface area contributed by atoms with E-state index in [9.17, 15) is 8.42 Å². The summed E-state index contributed by atoms with van der Waals surface area (Å²) in [5.74, 6) is 0. The Hall–Kier alpha value is -1.06. The molecule has 0 aliphatic carbocycles. The van der Waals surface area contributed by atoms with E-state index in [4.69, 9.17) is 27.4 Å². The quantitative estimate of drug-likeness (QED) is 0.507. The molecule has 0 saturated heterocycles. The molecule has 0 aromatic heterocycles. The molecule has 1 rings (SSSR count). The van der Waals surface area contributed by atoms with Crippen LogP contribution >= 0.6 is 12.2 Å². The number of benzene rings is 1. The third kappa shape index (κ3) is 5.68. The molecular formula is C13H20N2O4S2. The maximum Gasteiger partial charge on any atom is 0.240 e. The van der Waals surface area contributed by atoms with E-state index in [2.05, 4.69) is 4.72 Å². The van der Waals surface area contributed by atoms with E-state index in [1.807, 2.05) is 0 Å². The highest BCUT2D eigenvalue weighted by atomic mass is 32.2. The van der Waals surface area contributed by atoms with E-state index in [1.54, 1.807) is 26.2 Å². The average molecular weight is 332 g/mol. The number of rotatable bonds is 9. The van der Waals surface area contributed by atoms with Gasteiger partial charge in [-0.15, -0.1) is 0 Å². The number of aryl methyl sites for hydroxylation is 1. The van der Waals surface area contributed by atoms with Gasteiger partial charge in [0, 0.05) is 19.2 Å². The molecule has 0 radical (unpaired) electrons. The van der Waals surface area contributed by atoms with Crippen molar-refractivity contribution in [2.45, 2.75) is 11.8 Å². The summed E-state index contributed by atoms with van der Waals surface area (Å²) >= 11 is 4.89. The standard InChI is InChI=1S/C13H20N2O4S2/c1-10-9-11(3-4-12(10)13(14)20)21(16,17)15-5-6-19-8-7-18-2/h3-4,9,15H,5-8H2,1-2H3,(H2,14,20). The lowest BCUT2D eigenvalue weighted by Crippen LogP contribution is -2.28. The van der Waals surface area contributed by atoms with Crippen molar-refractivity contribution in [1.82, 2.24) is 4.72 Å². The Morgan fingerprint density at radius 1 is 1.33 bits per heavy atom. The molecule has 0 heterocycles. The molecule has 8 heteroatoms. The van der Waals surface area contributed by atoms with E-state index >= 15 is 0 Å². The first-order valence-electron chi connectivity index (χ1n) is 6.35. The minimum atomic E-state index is -3.56. The van der Waals surface area contributed by atoms with Crippen LogP contribution in [-0.4, -0.2) is 46.9 Å². The van der Waals surface area contributed by atoms with Crippen LogP contribution in [0.15, 0.2) is 23.1 Å². The van der Waals surface area contributed by atoms with Crippen LogP contribution in [0.2, 0.25) is 0 Å². The topological polar surface area (TPSA) is 90.6 Å². The van der Waals surface area contributed by atoms with Crippen molar-refractivity contribution in [1.29, 1.82) is 0 Å². The van der Waals surface area contributed by atoms with Crippen molar-refractivity contribution in [2.24, 2.45) is 5.73 Å². The SMILES string of the molecule is COCCOCCNS(=O)(=O)c1ccc(C(N)=S)c(C)c1. The zero-order valence-electron chi connectivity index (χ0n) is 12.1. The molecule has 1 aromatic rings. The average Bonchev–Trinajstić information content (AvgIpc) is 2.42. The van der Waals surface area contributed by atoms with Crippen molar-refractivity contribution in [3.8, 4) is 0 Å². The second-order valence-corrected chi connectivity index (χ2v) is 6.55. The highest BCUT2D eigenvalue weighted by Crippen LogP contribution is 2.15. The smallest absolute Gasteiger partial charge is 0.240 e. The molecule has 1 aromatic carbocycles. The molecule has 0 aliphatic heterocycles. The lowest BCUT2D eigenvalue weighted by molar-refractivity contribution is 0.0736. The Morgan fingerprint density at radius 2 is 2.05 bits per heavy atom. The molecule has 6 nitrogen and oxygen atoms in total. The predicted octanol–water partition coefficient (Wildman–Crippen LogP) is 0.571. The Labute approximate surface area is 130 Å². The highest BCUT2D eigenvalue weighted by molar-refractivity contribution is 7.89. The summed E-state index contributed by atoms with van der Waals surface area (Å²) in [6, 6.07) is 4.64. The number of nitrogens with two attached hydrogens (primary N) is 1. The lowest BCUT2D eigenvalue weighted by Gasteiger charge is -2.10. The van der Waals surface area contributed by atoms with Crippen molar-refractivity contribution in [3.63, 3.8) is 0 Å². The molecule has 0 fully saturated rings. The van der Waals surface area contributed by atoms with Gasteiger partial charge >= 0.3 is 0 Å². The minimum Gasteiger partial charge on any atom is -0.389 e. The maximum atomic E-state index is 12.1. The van der Waals surface area contributed by atoms with Crippen molar-refractivity contribution in [2.75, 3.05) is 33.5 Å². The van der Waals surface area contributed by atoms with Crippen LogP contribution in [0, 0.1) is 6.92 Å². The van der Waals surface area contributed by atoms with Gasteiger partial charge in [0.25, 0.3) is 0 Å². The molecule has 0 saturated carbocycles. The highest BCUT2D eigenvalue weighted by Gasteiger charge is 2.15. The number of sulfonamides is 1. The van der Waals surface area contributed by atoms with Gasteiger partial charge in [0.2, 0.25) is 10.0 Å². The first-order chi connectivity index (χ1) is 9.88. The summed E-state index contributed by atoms with van der Waals surface area (Å²) in [7, 11) is -1.99. The van der Waals surface area contributed by atoms with Crippen LogP contribution in [-0.2, 0) is 19.5 Å². The van der Waals surface area contributed by atoms with Crippen molar-refractivity contribution >= 4 is 27.2 Å². The van der Waals surface area contributed by atoms with Gasteiger partial charge in [-0.1, -0.05) is 18.3 Å². The van der Waals surface area contributed by atoms with Gasteiger partial charge in [-0.05, 0) is 24.6 Å². The van der Waals surface area contributed by atoms with Crippen LogP contribution in [0.3, 0.4) is 0 Å². The second-order valence-electron chi connectivity index (χ2n) is 4.34. The van der Waals surface area contributed by atoms with E-state index in [-0.39, 0.29) is 23.0 Å². The monoisotopic (exact) mass is 332 g/mol. The lowest BCUT2D eigenvalue weighted by atomic mass is 10.1. The largest absolute Gasteiger partial charge is 0.389 e. The summed E-state index contributed by atoms with van der Waals surface area (Å²) in [5.41, 5.74) is 6.95. The fourth-order valence-corrected chi connectivity index (χ4v) is 2.98. The van der Waals surface area contributed by atoms with E-state index in [0.29, 0.717) is 18.8 Å². The summed E-state index contributed by atoms with van der Waals surface area (Å²) in [6.07, 6.45) is 0. The second kappa shape index (κ2) is 8.40. The minimum absolute atomic E-state index is 0.178. The fraction of sp³-hybridized carbons (Fsp3) is 0.462. The zero-order chi connectivity index (χ0) is 15.9. The van der Waals surface area contributed by atoms with Crippen molar-refractivity contribution in [3.05, 3.63) is 29.3 Å². The van der Waals surface area contributed by atoms with Gasteiger partial charge < -0.3 is 15.2 Å². The van der Waals surface area contributed by atoms with E-state index in [1.165, 1.54) is 6.07 Å². The molecule has 0 unspecified atom stereocenters. The number of hydrogen-bond donors (Lipinski definition) is 2. The number of hydrogen-bond acceptors (Lipinski definition) is 5. The van der Waals surface area contributed by atoms with Crippen LogP contribution in [0.1, 0.15) is 11.1 Å². The van der Waals surface area contributed by atoms with Gasteiger partial charge in [-0.25, -0.2) is 13.1 Å². The van der Waals surface area contributed by atoms with Gasteiger partial charge in [0.1, 0.15) is 4.99 Å². The molecule has 21 heavy (non-hydrogen) atoms. The summed E-state index contributed by atoms with van der Waals surface area (Å²) in [4.78, 5) is 0.424. The molecule has 0 spiro atoms. The van der Waals surface area contributed by atoms with Gasteiger partial charge in [-0.3, -0.25) is 0 Å². The number of methoxy groups -OCH3 is 1. The number of nitrogens with one attached hydrogen (secondary N) is 1. The molecule has 0 atom stereocenters. The normalized spacial score (nSPS) is 11.5. The predicted molar refractivity (Wildman–Crippen MR) is 84.9 cm³/mol. The van der Waals surface area contributed by atoms with E-state index < -0.39 is 10.0 Å². The molecular weight excluding hydrogens is 312 g/mol. The Kier molecular flexibility index (Phi) is 7.20. The fourth-order valence-electron chi connectivity index (χ4n) is 1.66. The van der Waals surface area contributed by atoms with E-state index in [0.717, 1.165) is 5.56 Å². The first-order valence-corrected chi connectivity index (χ1v) is 8.24. The molecule has 0 aliphatic rings. The van der Waals surface area contributed by atoms with Crippen molar-refractivity contribution < 1.29 is 17.9 Å². The maximum absolute atomic E-state index is 12.1. The third-order valence-electron chi connectivity index (χ3n) is 2.74. The molecule has 0 bridgehead atoms. The molecule has 3 N–H and O–H groups in total. The Morgan fingerprint density at radius 3 is 2.62 bits per heavy atom. The van der Waals surface area contributed by atoms with Crippen LogP contribution in [0.4, 0.5) is 0 Å². The summed E-state index contributed by atoms with van der Waals surface area (Å²) in [6.45, 7) is 3.16. The van der Waals surface area contributed by atoms with Gasteiger partial charge in [-0.2, -0.15) is 0 Å². The number of thiocarbonyl (C=S) groups is 1.